The molecule has 1 aliphatic carbocycles. The van der Waals surface area contributed by atoms with Crippen molar-refractivity contribution in [2.75, 3.05) is 0 Å². The third-order valence-corrected chi connectivity index (χ3v) is 4.52. The van der Waals surface area contributed by atoms with Gasteiger partial charge in [-0.3, -0.25) is 0 Å². The van der Waals surface area contributed by atoms with Crippen molar-refractivity contribution in [3.63, 3.8) is 0 Å². The van der Waals surface area contributed by atoms with E-state index in [0.717, 1.165) is 12.8 Å². The molecular formula is C17H21NO3. The molecule has 0 radical (unpaired) electrons. The van der Waals surface area contributed by atoms with Gasteiger partial charge in [0.1, 0.15) is 16.9 Å². The van der Waals surface area contributed by atoms with E-state index < -0.39 is 5.97 Å². The van der Waals surface area contributed by atoms with Crippen molar-refractivity contribution < 1.29 is 14.3 Å². The quantitative estimate of drug-likeness (QED) is 0.894. The van der Waals surface area contributed by atoms with Crippen molar-refractivity contribution in [3.8, 4) is 0 Å². The lowest BCUT2D eigenvalue weighted by atomic mass is 9.83. The van der Waals surface area contributed by atoms with E-state index in [9.17, 15) is 9.90 Å². The van der Waals surface area contributed by atoms with Crippen LogP contribution in [0, 0.1) is 0 Å². The van der Waals surface area contributed by atoms with Crippen molar-refractivity contribution in [1.29, 1.82) is 0 Å². The van der Waals surface area contributed by atoms with Gasteiger partial charge in [0, 0.05) is 10.9 Å². The molecule has 1 aliphatic rings. The van der Waals surface area contributed by atoms with Gasteiger partial charge in [0.2, 0.25) is 0 Å². The molecule has 0 atom stereocenters. The standard InChI is InChI=1S/C17H21NO3/c1-17(9-5-2-6-10-17)18-11-14-15(16(19)20)12-7-3-4-8-13(12)21-14/h3-4,7-8,18H,2,5-6,9-11H2,1H3,(H,19,20). The molecular weight excluding hydrogens is 266 g/mol. The van der Waals surface area contributed by atoms with E-state index in [1.165, 1.54) is 19.3 Å². The summed E-state index contributed by atoms with van der Waals surface area (Å²) in [6.45, 7) is 2.68. The van der Waals surface area contributed by atoms with Gasteiger partial charge < -0.3 is 14.8 Å². The first kappa shape index (κ1) is 14.1. The highest BCUT2D eigenvalue weighted by molar-refractivity contribution is 6.03. The van der Waals surface area contributed by atoms with Crippen LogP contribution < -0.4 is 5.32 Å². The van der Waals surface area contributed by atoms with E-state index in [4.69, 9.17) is 4.42 Å². The van der Waals surface area contributed by atoms with Gasteiger partial charge in [-0.2, -0.15) is 0 Å². The molecule has 0 bridgehead atoms. The van der Waals surface area contributed by atoms with Crippen LogP contribution in [-0.2, 0) is 6.54 Å². The first-order valence-electron chi connectivity index (χ1n) is 7.58. The summed E-state index contributed by atoms with van der Waals surface area (Å²) in [6.07, 6.45) is 6.03. The fourth-order valence-corrected chi connectivity index (χ4v) is 3.26. The number of para-hydroxylation sites is 1. The van der Waals surface area contributed by atoms with Crippen LogP contribution in [0.3, 0.4) is 0 Å². The molecule has 0 amide bonds. The second-order valence-electron chi connectivity index (χ2n) is 6.18. The molecule has 1 aromatic carbocycles. The number of hydrogen-bond donors (Lipinski definition) is 2. The van der Waals surface area contributed by atoms with Crippen LogP contribution in [0.15, 0.2) is 28.7 Å². The molecule has 1 heterocycles. The predicted octanol–water partition coefficient (Wildman–Crippen LogP) is 3.94. The minimum atomic E-state index is -0.925. The van der Waals surface area contributed by atoms with Crippen LogP contribution in [0.1, 0.15) is 55.1 Å². The number of rotatable bonds is 4. The van der Waals surface area contributed by atoms with E-state index >= 15 is 0 Å². The molecule has 4 nitrogen and oxygen atoms in total. The largest absolute Gasteiger partial charge is 0.478 e. The Morgan fingerprint density at radius 3 is 2.71 bits per heavy atom. The van der Waals surface area contributed by atoms with Crippen LogP contribution in [0.4, 0.5) is 0 Å². The van der Waals surface area contributed by atoms with Crippen molar-refractivity contribution in [2.45, 2.75) is 51.1 Å². The van der Waals surface area contributed by atoms with Crippen molar-refractivity contribution in [1.82, 2.24) is 5.32 Å². The predicted molar refractivity (Wildman–Crippen MR) is 81.5 cm³/mol. The van der Waals surface area contributed by atoms with E-state index in [1.54, 1.807) is 6.07 Å². The lowest BCUT2D eigenvalue weighted by Gasteiger charge is -2.34. The van der Waals surface area contributed by atoms with E-state index in [1.807, 2.05) is 18.2 Å². The van der Waals surface area contributed by atoms with Crippen LogP contribution in [0.25, 0.3) is 11.0 Å². The summed E-state index contributed by atoms with van der Waals surface area (Å²) in [4.78, 5) is 11.5. The maximum atomic E-state index is 11.5. The molecule has 2 N–H and O–H groups in total. The first-order valence-corrected chi connectivity index (χ1v) is 7.58. The van der Waals surface area contributed by atoms with Crippen LogP contribution in [0.2, 0.25) is 0 Å². The molecule has 1 fully saturated rings. The highest BCUT2D eigenvalue weighted by Gasteiger charge is 2.28. The molecule has 2 aromatic rings. The Morgan fingerprint density at radius 2 is 2.00 bits per heavy atom. The number of carboxylic acids is 1. The zero-order valence-electron chi connectivity index (χ0n) is 12.3. The minimum absolute atomic E-state index is 0.0903. The van der Waals surface area contributed by atoms with Crippen LogP contribution >= 0.6 is 0 Å². The van der Waals surface area contributed by atoms with Crippen molar-refractivity contribution in [3.05, 3.63) is 35.6 Å². The number of carboxylic acid groups (broad SMARTS) is 1. The molecule has 0 spiro atoms. The van der Waals surface area contributed by atoms with Gasteiger partial charge in [0.05, 0.1) is 6.54 Å². The summed E-state index contributed by atoms with van der Waals surface area (Å²) < 4.78 is 5.75. The lowest BCUT2D eigenvalue weighted by Crippen LogP contribution is -2.43. The zero-order valence-corrected chi connectivity index (χ0v) is 12.3. The number of benzene rings is 1. The van der Waals surface area contributed by atoms with Gasteiger partial charge in [0.25, 0.3) is 0 Å². The monoisotopic (exact) mass is 287 g/mol. The molecule has 0 unspecified atom stereocenters. The molecule has 4 heteroatoms. The smallest absolute Gasteiger partial charge is 0.339 e. The van der Waals surface area contributed by atoms with E-state index in [2.05, 4.69) is 12.2 Å². The Hall–Kier alpha value is -1.81. The second kappa shape index (κ2) is 5.53. The maximum Gasteiger partial charge on any atom is 0.339 e. The molecule has 0 aliphatic heterocycles. The topological polar surface area (TPSA) is 62.5 Å². The first-order chi connectivity index (χ1) is 10.1. The zero-order chi connectivity index (χ0) is 14.9. The summed E-state index contributed by atoms with van der Waals surface area (Å²) in [7, 11) is 0. The molecule has 1 saturated carbocycles. The number of carbonyl (C=O) groups is 1. The van der Waals surface area contributed by atoms with Crippen molar-refractivity contribution in [2.24, 2.45) is 0 Å². The Kier molecular flexibility index (Phi) is 3.72. The van der Waals surface area contributed by atoms with Gasteiger partial charge in [-0.05, 0) is 25.8 Å². The third-order valence-electron chi connectivity index (χ3n) is 4.52. The molecule has 0 saturated heterocycles. The number of aromatic carboxylic acids is 1. The van der Waals surface area contributed by atoms with Crippen LogP contribution in [0.5, 0.6) is 0 Å². The highest BCUT2D eigenvalue weighted by atomic mass is 16.4. The fourth-order valence-electron chi connectivity index (χ4n) is 3.26. The SMILES string of the molecule is CC1(NCc2oc3ccccc3c2C(=O)O)CCCCC1. The number of fused-ring (bicyclic) bond motifs is 1. The van der Waals surface area contributed by atoms with Gasteiger partial charge in [-0.1, -0.05) is 37.5 Å². The van der Waals surface area contributed by atoms with Gasteiger partial charge in [0.15, 0.2) is 0 Å². The average molecular weight is 287 g/mol. The van der Waals surface area contributed by atoms with Crippen LogP contribution in [-0.4, -0.2) is 16.6 Å². The summed E-state index contributed by atoms with van der Waals surface area (Å²) >= 11 is 0. The normalized spacial score (nSPS) is 18.0. The summed E-state index contributed by atoms with van der Waals surface area (Å²) in [6, 6.07) is 7.31. The van der Waals surface area contributed by atoms with E-state index in [0.29, 0.717) is 23.3 Å². The number of hydrogen-bond acceptors (Lipinski definition) is 3. The Bertz CT molecular complexity index is 653. The molecule has 3 rings (SSSR count). The maximum absolute atomic E-state index is 11.5. The van der Waals surface area contributed by atoms with Gasteiger partial charge in [-0.15, -0.1) is 0 Å². The summed E-state index contributed by atoms with van der Waals surface area (Å²) in [5.41, 5.74) is 1.02. The Labute approximate surface area is 124 Å². The van der Waals surface area contributed by atoms with Crippen molar-refractivity contribution >= 4 is 16.9 Å². The molecule has 112 valence electrons. The summed E-state index contributed by atoms with van der Waals surface area (Å²) in [5.74, 6) is -0.402. The Balaban J connectivity index is 1.86. The third kappa shape index (κ3) is 2.81. The molecule has 21 heavy (non-hydrogen) atoms. The van der Waals surface area contributed by atoms with Gasteiger partial charge >= 0.3 is 5.97 Å². The van der Waals surface area contributed by atoms with Gasteiger partial charge in [-0.25, -0.2) is 4.79 Å². The highest BCUT2D eigenvalue weighted by Crippen LogP contribution is 2.30. The summed E-state index contributed by atoms with van der Waals surface area (Å²) in [5, 5.41) is 13.7. The second-order valence-corrected chi connectivity index (χ2v) is 6.18. The number of nitrogens with one attached hydrogen (secondary N) is 1. The number of furan rings is 1. The fraction of sp³-hybridized carbons (Fsp3) is 0.471. The molecule has 1 aromatic heterocycles. The average Bonchev–Trinajstić information content (AvgIpc) is 2.84. The lowest BCUT2D eigenvalue weighted by molar-refractivity contribution is 0.0695. The minimum Gasteiger partial charge on any atom is -0.478 e. The van der Waals surface area contributed by atoms with E-state index in [-0.39, 0.29) is 11.1 Å². The Morgan fingerprint density at radius 1 is 1.29 bits per heavy atom.